The molecular weight excluding hydrogens is 240 g/mol. The van der Waals surface area contributed by atoms with Crippen molar-refractivity contribution in [2.24, 2.45) is 0 Å². The monoisotopic (exact) mass is 258 g/mol. The summed E-state index contributed by atoms with van der Waals surface area (Å²) in [6.45, 7) is 2.79. The Morgan fingerprint density at radius 1 is 1.00 bits per heavy atom. The number of hydrogen-bond donors (Lipinski definition) is 1. The lowest BCUT2D eigenvalue weighted by Crippen LogP contribution is -2.22. The van der Waals surface area contributed by atoms with E-state index in [0.717, 1.165) is 12.2 Å². The number of nitrogen functional groups attached to an aromatic ring is 1. The van der Waals surface area contributed by atoms with Gasteiger partial charge in [-0.25, -0.2) is 0 Å². The highest BCUT2D eigenvalue weighted by atomic mass is 15.3. The van der Waals surface area contributed by atoms with Gasteiger partial charge in [-0.2, -0.15) is 15.0 Å². The van der Waals surface area contributed by atoms with Crippen molar-refractivity contribution < 1.29 is 0 Å². The maximum atomic E-state index is 5.75. The Bertz CT molecular complexity index is 540. The summed E-state index contributed by atoms with van der Waals surface area (Å²) in [4.78, 5) is 16.5. The number of para-hydroxylation sites is 1. The van der Waals surface area contributed by atoms with Crippen LogP contribution in [0.3, 0.4) is 0 Å². The van der Waals surface area contributed by atoms with Crippen molar-refractivity contribution in [3.8, 4) is 0 Å². The van der Waals surface area contributed by atoms with Crippen molar-refractivity contribution in [3.05, 3.63) is 30.3 Å². The molecule has 6 heteroatoms. The number of rotatable bonds is 4. The van der Waals surface area contributed by atoms with E-state index in [0.29, 0.717) is 11.9 Å². The minimum absolute atomic E-state index is 0.225. The van der Waals surface area contributed by atoms with E-state index in [1.807, 2.05) is 56.3 Å². The van der Waals surface area contributed by atoms with Crippen molar-refractivity contribution >= 4 is 23.5 Å². The molecule has 2 rings (SSSR count). The van der Waals surface area contributed by atoms with Crippen molar-refractivity contribution in [2.45, 2.75) is 6.92 Å². The first-order valence-corrected chi connectivity index (χ1v) is 6.13. The maximum Gasteiger partial charge on any atom is 0.236 e. The van der Waals surface area contributed by atoms with Gasteiger partial charge in [0.1, 0.15) is 0 Å². The molecule has 0 aliphatic heterocycles. The third kappa shape index (κ3) is 2.90. The summed E-state index contributed by atoms with van der Waals surface area (Å²) in [5, 5.41) is 0. The predicted molar refractivity (Wildman–Crippen MR) is 77.7 cm³/mol. The van der Waals surface area contributed by atoms with Crippen molar-refractivity contribution in [3.63, 3.8) is 0 Å². The van der Waals surface area contributed by atoms with E-state index < -0.39 is 0 Å². The molecule has 2 N–H and O–H groups in total. The number of nitrogens with zero attached hydrogens (tertiary/aromatic N) is 5. The fourth-order valence-corrected chi connectivity index (χ4v) is 1.74. The van der Waals surface area contributed by atoms with Gasteiger partial charge in [0.25, 0.3) is 0 Å². The Labute approximate surface area is 112 Å². The fourth-order valence-electron chi connectivity index (χ4n) is 1.74. The molecule has 1 aromatic carbocycles. The molecule has 0 fully saturated rings. The summed E-state index contributed by atoms with van der Waals surface area (Å²) >= 11 is 0. The Morgan fingerprint density at radius 2 is 1.63 bits per heavy atom. The third-order valence-electron chi connectivity index (χ3n) is 2.65. The first-order chi connectivity index (χ1) is 9.11. The fraction of sp³-hybridized carbons (Fsp3) is 0.308. The number of anilines is 4. The molecule has 19 heavy (non-hydrogen) atoms. The largest absolute Gasteiger partial charge is 0.368 e. The topological polar surface area (TPSA) is 71.2 Å². The molecule has 6 nitrogen and oxygen atoms in total. The van der Waals surface area contributed by atoms with Crippen LogP contribution in [0.4, 0.5) is 23.5 Å². The Hall–Kier alpha value is -2.37. The molecule has 1 aromatic heterocycles. The van der Waals surface area contributed by atoms with E-state index >= 15 is 0 Å². The van der Waals surface area contributed by atoms with Crippen LogP contribution in [-0.4, -0.2) is 35.6 Å². The zero-order chi connectivity index (χ0) is 13.8. The van der Waals surface area contributed by atoms with Crippen LogP contribution >= 0.6 is 0 Å². The molecule has 0 aliphatic carbocycles. The molecule has 1 heterocycles. The molecule has 0 unspecified atom stereocenters. The minimum Gasteiger partial charge on any atom is -0.368 e. The van der Waals surface area contributed by atoms with Gasteiger partial charge in [-0.1, -0.05) is 18.2 Å². The highest BCUT2D eigenvalue weighted by molar-refractivity contribution is 5.58. The summed E-state index contributed by atoms with van der Waals surface area (Å²) < 4.78 is 0. The Kier molecular flexibility index (Phi) is 3.79. The van der Waals surface area contributed by atoms with Crippen LogP contribution in [0.15, 0.2) is 30.3 Å². The average molecular weight is 258 g/mol. The van der Waals surface area contributed by atoms with Gasteiger partial charge in [-0.3, -0.25) is 0 Å². The van der Waals surface area contributed by atoms with Gasteiger partial charge in [-0.15, -0.1) is 0 Å². The summed E-state index contributed by atoms with van der Waals surface area (Å²) in [5.41, 5.74) is 6.78. The number of benzene rings is 1. The van der Waals surface area contributed by atoms with Gasteiger partial charge in [0.2, 0.25) is 17.8 Å². The summed E-state index contributed by atoms with van der Waals surface area (Å²) in [6.07, 6.45) is 0. The molecule has 0 bridgehead atoms. The van der Waals surface area contributed by atoms with Gasteiger partial charge < -0.3 is 15.5 Å². The van der Waals surface area contributed by atoms with Gasteiger partial charge in [0, 0.05) is 26.3 Å². The lowest BCUT2D eigenvalue weighted by Gasteiger charge is -2.22. The Morgan fingerprint density at radius 3 is 2.21 bits per heavy atom. The van der Waals surface area contributed by atoms with E-state index in [1.165, 1.54) is 0 Å². The second-order valence-electron chi connectivity index (χ2n) is 4.27. The van der Waals surface area contributed by atoms with Crippen LogP contribution in [0.25, 0.3) is 0 Å². The van der Waals surface area contributed by atoms with Crippen molar-refractivity contribution in [1.29, 1.82) is 0 Å². The maximum absolute atomic E-state index is 5.75. The third-order valence-corrected chi connectivity index (χ3v) is 2.65. The normalized spacial score (nSPS) is 10.3. The van der Waals surface area contributed by atoms with E-state index in [-0.39, 0.29) is 5.95 Å². The predicted octanol–water partition coefficient (Wildman–Crippen LogP) is 1.68. The van der Waals surface area contributed by atoms with Gasteiger partial charge >= 0.3 is 0 Å². The van der Waals surface area contributed by atoms with Crippen molar-refractivity contribution in [1.82, 2.24) is 15.0 Å². The van der Waals surface area contributed by atoms with Crippen LogP contribution in [0.5, 0.6) is 0 Å². The van der Waals surface area contributed by atoms with E-state index in [9.17, 15) is 0 Å². The summed E-state index contributed by atoms with van der Waals surface area (Å²) in [7, 11) is 3.74. The zero-order valence-corrected chi connectivity index (χ0v) is 11.4. The molecule has 0 aliphatic rings. The average Bonchev–Trinajstić information content (AvgIpc) is 2.40. The quantitative estimate of drug-likeness (QED) is 0.899. The van der Waals surface area contributed by atoms with Crippen LogP contribution in [0.2, 0.25) is 0 Å². The molecule has 2 aromatic rings. The zero-order valence-electron chi connectivity index (χ0n) is 11.4. The molecule has 0 radical (unpaired) electrons. The van der Waals surface area contributed by atoms with Crippen LogP contribution in [0, 0.1) is 0 Å². The lowest BCUT2D eigenvalue weighted by atomic mass is 10.3. The Balaban J connectivity index is 2.44. The highest BCUT2D eigenvalue weighted by Gasteiger charge is 2.13. The molecule has 0 amide bonds. The first-order valence-electron chi connectivity index (χ1n) is 6.13. The van der Waals surface area contributed by atoms with Gasteiger partial charge in [-0.05, 0) is 19.1 Å². The molecule has 100 valence electrons. The molecular formula is C13H18N6. The molecule has 0 spiro atoms. The summed E-state index contributed by atoms with van der Waals surface area (Å²) in [5.74, 6) is 1.34. The number of hydrogen-bond acceptors (Lipinski definition) is 6. The SMILES string of the molecule is CCN(c1ccccc1)c1nc(N)nc(N(C)C)n1. The second kappa shape index (κ2) is 5.51. The van der Waals surface area contributed by atoms with Crippen LogP contribution in [0.1, 0.15) is 6.92 Å². The van der Waals surface area contributed by atoms with Crippen LogP contribution in [-0.2, 0) is 0 Å². The van der Waals surface area contributed by atoms with Crippen LogP contribution < -0.4 is 15.5 Å². The molecule has 0 atom stereocenters. The first kappa shape index (κ1) is 13.1. The van der Waals surface area contributed by atoms with E-state index in [2.05, 4.69) is 15.0 Å². The molecule has 0 saturated heterocycles. The highest BCUT2D eigenvalue weighted by Crippen LogP contribution is 2.22. The minimum atomic E-state index is 0.225. The van der Waals surface area contributed by atoms with Gasteiger partial charge in [0.15, 0.2) is 0 Å². The number of aromatic nitrogens is 3. The van der Waals surface area contributed by atoms with E-state index in [1.54, 1.807) is 4.90 Å². The summed E-state index contributed by atoms with van der Waals surface area (Å²) in [6, 6.07) is 9.97. The van der Waals surface area contributed by atoms with Crippen molar-refractivity contribution in [2.75, 3.05) is 36.2 Å². The second-order valence-corrected chi connectivity index (χ2v) is 4.27. The van der Waals surface area contributed by atoms with E-state index in [4.69, 9.17) is 5.73 Å². The van der Waals surface area contributed by atoms with Gasteiger partial charge in [0.05, 0.1) is 0 Å². The molecule has 0 saturated carbocycles. The standard InChI is InChI=1S/C13H18N6/c1-4-19(10-8-6-5-7-9-10)13-16-11(14)15-12(17-13)18(2)3/h5-9H,4H2,1-3H3,(H2,14,15,16,17). The lowest BCUT2D eigenvalue weighted by molar-refractivity contribution is 0.901. The number of nitrogens with two attached hydrogens (primary N) is 1. The smallest absolute Gasteiger partial charge is 0.236 e.